The van der Waals surface area contributed by atoms with E-state index in [-0.39, 0.29) is 5.91 Å². The van der Waals surface area contributed by atoms with Gasteiger partial charge < -0.3 is 15.4 Å². The van der Waals surface area contributed by atoms with Crippen molar-refractivity contribution in [3.05, 3.63) is 33.4 Å². The van der Waals surface area contributed by atoms with Crippen LogP contribution in [0.15, 0.2) is 12.1 Å². The summed E-state index contributed by atoms with van der Waals surface area (Å²) in [6.45, 7) is 8.32. The first-order valence-corrected chi connectivity index (χ1v) is 9.50. The highest BCUT2D eigenvalue weighted by atomic mass is 32.1. The van der Waals surface area contributed by atoms with Crippen molar-refractivity contribution in [3.8, 4) is 5.75 Å². The van der Waals surface area contributed by atoms with Gasteiger partial charge in [0.1, 0.15) is 16.4 Å². The van der Waals surface area contributed by atoms with Crippen LogP contribution in [0.2, 0.25) is 0 Å². The number of amides is 1. The number of piperidine rings is 1. The van der Waals surface area contributed by atoms with E-state index in [0.29, 0.717) is 23.2 Å². The zero-order valence-electron chi connectivity index (χ0n) is 14.9. The van der Waals surface area contributed by atoms with Gasteiger partial charge in [0.25, 0.3) is 5.91 Å². The van der Waals surface area contributed by atoms with Crippen molar-refractivity contribution in [2.75, 3.05) is 25.0 Å². The van der Waals surface area contributed by atoms with Crippen LogP contribution in [0.25, 0.3) is 0 Å². The Kier molecular flexibility index (Phi) is 5.65. The van der Waals surface area contributed by atoms with Crippen LogP contribution < -0.4 is 15.4 Å². The van der Waals surface area contributed by atoms with Crippen LogP contribution in [0.4, 0.5) is 5.82 Å². The summed E-state index contributed by atoms with van der Waals surface area (Å²) in [6.07, 6.45) is 2.15. The minimum Gasteiger partial charge on any atom is -0.492 e. The summed E-state index contributed by atoms with van der Waals surface area (Å²) in [6, 6.07) is 3.60. The molecular weight excluding hydrogens is 336 g/mol. The monoisotopic (exact) mass is 360 g/mol. The number of ether oxygens (including phenoxy) is 1. The van der Waals surface area contributed by atoms with Crippen LogP contribution in [0.3, 0.4) is 0 Å². The zero-order chi connectivity index (χ0) is 17.8. The molecule has 2 aromatic heterocycles. The topological polar surface area (TPSA) is 76.1 Å². The molecule has 0 aromatic carbocycles. The van der Waals surface area contributed by atoms with Crippen molar-refractivity contribution in [1.82, 2.24) is 15.3 Å². The molecule has 3 heterocycles. The molecular formula is C18H24N4O2S. The molecule has 0 spiro atoms. The van der Waals surface area contributed by atoms with Gasteiger partial charge in [0.15, 0.2) is 0 Å². The Morgan fingerprint density at radius 3 is 2.72 bits per heavy atom. The Bertz CT molecular complexity index is 754. The van der Waals surface area contributed by atoms with E-state index < -0.39 is 0 Å². The molecule has 1 aliphatic rings. The minimum absolute atomic E-state index is 0.147. The average Bonchev–Trinajstić information content (AvgIpc) is 3.00. The average molecular weight is 360 g/mol. The molecule has 0 radical (unpaired) electrons. The van der Waals surface area contributed by atoms with Gasteiger partial charge in [-0.2, -0.15) is 0 Å². The first-order chi connectivity index (χ1) is 12.1. The highest BCUT2D eigenvalue weighted by Gasteiger charge is 2.23. The van der Waals surface area contributed by atoms with Gasteiger partial charge in [-0.25, -0.2) is 9.97 Å². The molecule has 6 nitrogen and oxygen atoms in total. The summed E-state index contributed by atoms with van der Waals surface area (Å²) in [5.74, 6) is 1.58. The summed E-state index contributed by atoms with van der Waals surface area (Å²) in [5.41, 5.74) is 1.55. The molecule has 0 aliphatic carbocycles. The lowest BCUT2D eigenvalue weighted by Crippen LogP contribution is -2.26. The van der Waals surface area contributed by atoms with E-state index in [0.717, 1.165) is 48.1 Å². The highest BCUT2D eigenvalue weighted by molar-refractivity contribution is 7.14. The van der Waals surface area contributed by atoms with E-state index in [4.69, 9.17) is 4.74 Å². The predicted molar refractivity (Wildman–Crippen MR) is 99.8 cm³/mol. The third-order valence-corrected chi connectivity index (χ3v) is 5.61. The van der Waals surface area contributed by atoms with Crippen molar-refractivity contribution in [1.29, 1.82) is 0 Å². The Morgan fingerprint density at radius 2 is 2.04 bits per heavy atom. The molecule has 0 atom stereocenters. The first-order valence-electron chi connectivity index (χ1n) is 8.68. The van der Waals surface area contributed by atoms with Crippen molar-refractivity contribution < 1.29 is 9.53 Å². The molecule has 1 amide bonds. The second kappa shape index (κ2) is 7.93. The molecule has 1 saturated heterocycles. The zero-order valence-corrected chi connectivity index (χ0v) is 15.7. The number of aryl methyl sites for hydroxylation is 2. The van der Waals surface area contributed by atoms with E-state index in [1.54, 1.807) is 6.07 Å². The summed E-state index contributed by atoms with van der Waals surface area (Å²) >= 11 is 1.51. The number of aromatic nitrogens is 2. The molecule has 0 unspecified atom stereocenters. The molecule has 3 rings (SSSR count). The third kappa shape index (κ3) is 4.16. The standard InChI is InChI=1S/C18H24N4O2S/c1-4-24-14-5-6-15(20-11(14)2)22-17(23)16-12(3)21-18(25-16)13-7-9-19-10-8-13/h5-6,13,19H,4,7-10H2,1-3H3,(H,20,22,23). The largest absolute Gasteiger partial charge is 0.492 e. The number of anilines is 1. The molecule has 134 valence electrons. The molecule has 25 heavy (non-hydrogen) atoms. The fourth-order valence-corrected chi connectivity index (χ4v) is 4.10. The van der Waals surface area contributed by atoms with Gasteiger partial charge in [-0.1, -0.05) is 0 Å². The van der Waals surface area contributed by atoms with Gasteiger partial charge in [-0.3, -0.25) is 4.79 Å². The van der Waals surface area contributed by atoms with Gasteiger partial charge >= 0.3 is 0 Å². The number of hydrogen-bond acceptors (Lipinski definition) is 6. The SMILES string of the molecule is CCOc1ccc(NC(=O)c2sc(C3CCNCC3)nc2C)nc1C. The van der Waals surface area contributed by atoms with Gasteiger partial charge in [-0.05, 0) is 58.8 Å². The molecule has 1 aliphatic heterocycles. The van der Waals surface area contributed by atoms with Crippen molar-refractivity contribution in [3.63, 3.8) is 0 Å². The summed E-state index contributed by atoms with van der Waals surface area (Å²) in [5, 5.41) is 7.31. The van der Waals surface area contributed by atoms with Crippen molar-refractivity contribution in [2.24, 2.45) is 0 Å². The molecule has 2 N–H and O–H groups in total. The number of nitrogens with zero attached hydrogens (tertiary/aromatic N) is 2. The Balaban J connectivity index is 1.73. The molecule has 0 saturated carbocycles. The lowest BCUT2D eigenvalue weighted by atomic mass is 9.99. The Morgan fingerprint density at radius 1 is 1.28 bits per heavy atom. The Labute approximate surface area is 152 Å². The lowest BCUT2D eigenvalue weighted by Gasteiger charge is -2.20. The minimum atomic E-state index is -0.147. The van der Waals surface area contributed by atoms with Crippen molar-refractivity contribution in [2.45, 2.75) is 39.5 Å². The maximum atomic E-state index is 12.6. The van der Waals surface area contributed by atoms with Crippen LogP contribution in [0.1, 0.15) is 51.8 Å². The number of carbonyl (C=O) groups excluding carboxylic acids is 1. The molecule has 2 aromatic rings. The van der Waals surface area contributed by atoms with E-state index >= 15 is 0 Å². The Hall–Kier alpha value is -1.99. The summed E-state index contributed by atoms with van der Waals surface area (Å²) in [7, 11) is 0. The quantitative estimate of drug-likeness (QED) is 0.856. The summed E-state index contributed by atoms with van der Waals surface area (Å²) < 4.78 is 5.48. The van der Waals surface area contributed by atoms with E-state index in [9.17, 15) is 4.79 Å². The van der Waals surface area contributed by atoms with Gasteiger partial charge in [0, 0.05) is 5.92 Å². The van der Waals surface area contributed by atoms with Gasteiger partial charge in [0.2, 0.25) is 0 Å². The van der Waals surface area contributed by atoms with E-state index in [2.05, 4.69) is 20.6 Å². The molecule has 7 heteroatoms. The fraction of sp³-hybridized carbons (Fsp3) is 0.500. The number of nitrogens with one attached hydrogen (secondary N) is 2. The second-order valence-corrected chi connectivity index (χ2v) is 7.19. The molecule has 0 bridgehead atoms. The maximum Gasteiger partial charge on any atom is 0.268 e. The highest BCUT2D eigenvalue weighted by Crippen LogP contribution is 2.31. The number of carbonyl (C=O) groups is 1. The number of hydrogen-bond donors (Lipinski definition) is 2. The third-order valence-electron chi connectivity index (χ3n) is 4.29. The fourth-order valence-electron chi connectivity index (χ4n) is 2.97. The van der Waals surface area contributed by atoms with Gasteiger partial charge in [0.05, 0.1) is 23.0 Å². The smallest absolute Gasteiger partial charge is 0.268 e. The van der Waals surface area contributed by atoms with Crippen LogP contribution in [-0.4, -0.2) is 35.6 Å². The van der Waals surface area contributed by atoms with Crippen LogP contribution in [0.5, 0.6) is 5.75 Å². The predicted octanol–water partition coefficient (Wildman–Crippen LogP) is 3.27. The number of thiazole rings is 1. The van der Waals surface area contributed by atoms with Crippen LogP contribution >= 0.6 is 11.3 Å². The summed E-state index contributed by atoms with van der Waals surface area (Å²) in [4.78, 5) is 22.3. The van der Waals surface area contributed by atoms with Crippen LogP contribution in [-0.2, 0) is 0 Å². The number of rotatable bonds is 5. The molecule has 1 fully saturated rings. The first kappa shape index (κ1) is 17.8. The van der Waals surface area contributed by atoms with Gasteiger partial charge in [-0.15, -0.1) is 11.3 Å². The normalized spacial score (nSPS) is 15.2. The maximum absolute atomic E-state index is 12.6. The van der Waals surface area contributed by atoms with E-state index in [1.807, 2.05) is 26.8 Å². The lowest BCUT2D eigenvalue weighted by molar-refractivity contribution is 0.102. The number of pyridine rings is 1. The van der Waals surface area contributed by atoms with E-state index in [1.165, 1.54) is 11.3 Å². The van der Waals surface area contributed by atoms with Crippen molar-refractivity contribution >= 4 is 23.1 Å². The second-order valence-electron chi connectivity index (χ2n) is 6.16. The van der Waals surface area contributed by atoms with Crippen LogP contribution in [0, 0.1) is 13.8 Å².